The van der Waals surface area contributed by atoms with E-state index in [1.807, 2.05) is 0 Å². The van der Waals surface area contributed by atoms with Gasteiger partial charge in [-0.3, -0.25) is 5.32 Å². The van der Waals surface area contributed by atoms with E-state index >= 15 is 0 Å². The zero-order valence-electron chi connectivity index (χ0n) is 12.5. The molecule has 0 aromatic carbocycles. The van der Waals surface area contributed by atoms with Crippen LogP contribution >= 0.6 is 0 Å². The average molecular weight is 332 g/mol. The van der Waals surface area contributed by atoms with Crippen LogP contribution in [0, 0.1) is 11.5 Å². The molecule has 0 unspecified atom stereocenters. The van der Waals surface area contributed by atoms with E-state index in [9.17, 15) is 13.2 Å². The van der Waals surface area contributed by atoms with Gasteiger partial charge in [-0.15, -0.1) is 0 Å². The van der Waals surface area contributed by atoms with Gasteiger partial charge in [-0.25, -0.2) is 9.98 Å². The van der Waals surface area contributed by atoms with Gasteiger partial charge in [0.05, 0.1) is 19.8 Å². The topological polar surface area (TPSA) is 87.7 Å². The van der Waals surface area contributed by atoms with E-state index < -0.39 is 17.8 Å². The van der Waals surface area contributed by atoms with Gasteiger partial charge < -0.3 is 18.9 Å². The van der Waals surface area contributed by atoms with Crippen LogP contribution < -0.4 is 5.32 Å². The summed E-state index contributed by atoms with van der Waals surface area (Å²) in [6.07, 6.45) is -0.627. The molecule has 8 nitrogen and oxygen atoms in total. The van der Waals surface area contributed by atoms with Crippen molar-refractivity contribution in [1.82, 2.24) is 19.8 Å². The molecule has 23 heavy (non-hydrogen) atoms. The van der Waals surface area contributed by atoms with Crippen LogP contribution in [0.2, 0.25) is 0 Å². The number of hydrogen-bond donors (Lipinski definition) is 1. The minimum absolute atomic E-state index is 0.0863. The third-order valence-electron chi connectivity index (χ3n) is 3.40. The number of aromatic nitrogens is 2. The van der Waals surface area contributed by atoms with Gasteiger partial charge in [-0.1, -0.05) is 0 Å². The monoisotopic (exact) mass is 332 g/mol. The molecule has 2 heterocycles. The molecule has 1 aromatic rings. The zero-order valence-corrected chi connectivity index (χ0v) is 12.5. The van der Waals surface area contributed by atoms with Crippen molar-refractivity contribution in [3.8, 4) is 6.19 Å². The first-order valence-electron chi connectivity index (χ1n) is 6.48. The number of nitriles is 1. The highest BCUT2D eigenvalue weighted by molar-refractivity contribution is 5.81. The van der Waals surface area contributed by atoms with Crippen LogP contribution in [-0.2, 0) is 22.3 Å². The van der Waals surface area contributed by atoms with Crippen LogP contribution in [0.1, 0.15) is 5.82 Å². The summed E-state index contributed by atoms with van der Waals surface area (Å²) in [7, 11) is 2.83. The Morgan fingerprint density at radius 3 is 2.70 bits per heavy atom. The molecule has 2 rings (SSSR count). The van der Waals surface area contributed by atoms with Gasteiger partial charge in [0.25, 0.3) is 0 Å². The van der Waals surface area contributed by atoms with Crippen LogP contribution in [0.4, 0.5) is 13.2 Å². The third kappa shape index (κ3) is 3.54. The molecule has 0 amide bonds. The van der Waals surface area contributed by atoms with Crippen LogP contribution in [-0.4, -0.2) is 53.5 Å². The predicted octanol–water partition coefficient (Wildman–Crippen LogP) is 0.591. The molecule has 1 aliphatic rings. The van der Waals surface area contributed by atoms with Crippen molar-refractivity contribution in [2.24, 2.45) is 4.99 Å². The Balaban J connectivity index is 2.28. The van der Waals surface area contributed by atoms with E-state index in [0.29, 0.717) is 0 Å². The Hall–Kier alpha value is -2.32. The van der Waals surface area contributed by atoms with Crippen molar-refractivity contribution >= 4 is 5.96 Å². The second-order valence-electron chi connectivity index (χ2n) is 4.75. The van der Waals surface area contributed by atoms with Gasteiger partial charge in [-0.2, -0.15) is 18.4 Å². The summed E-state index contributed by atoms with van der Waals surface area (Å²) in [4.78, 5) is 8.85. The molecule has 0 aliphatic carbocycles. The molecule has 126 valence electrons. The summed E-state index contributed by atoms with van der Waals surface area (Å²) < 4.78 is 50.2. The number of rotatable bonds is 4. The smallest absolute Gasteiger partial charge is 0.350 e. The van der Waals surface area contributed by atoms with Crippen molar-refractivity contribution in [2.45, 2.75) is 18.6 Å². The number of ether oxygens (including phenoxy) is 2. The third-order valence-corrected chi connectivity index (χ3v) is 3.40. The molecule has 1 aromatic heterocycles. The predicted molar refractivity (Wildman–Crippen MR) is 71.7 cm³/mol. The number of hydrogen-bond acceptors (Lipinski definition) is 7. The number of nitrogens with zero attached hydrogens (tertiary/aromatic N) is 5. The van der Waals surface area contributed by atoms with E-state index in [0.717, 1.165) is 10.8 Å². The Bertz CT molecular complexity index is 617. The summed E-state index contributed by atoms with van der Waals surface area (Å²) in [6.45, 7) is -0.0314. The number of aliphatic imine (C=N–C) groups is 1. The van der Waals surface area contributed by atoms with Gasteiger partial charge in [0.1, 0.15) is 0 Å². The number of nitrogens with one attached hydrogen (secondary N) is 1. The van der Waals surface area contributed by atoms with Crippen LogP contribution in [0.25, 0.3) is 0 Å². The SMILES string of the molecule is COC1(OC)CN=C(NC#N)N(Cn2ccnc2C(F)(F)F)C1. The lowest BCUT2D eigenvalue weighted by Gasteiger charge is -2.39. The molecular weight excluding hydrogens is 317 g/mol. The highest BCUT2D eigenvalue weighted by atomic mass is 19.4. The number of halogens is 3. The summed E-state index contributed by atoms with van der Waals surface area (Å²) in [5.41, 5.74) is 0. The molecule has 0 saturated carbocycles. The molecule has 0 spiro atoms. The van der Waals surface area contributed by atoms with Crippen molar-refractivity contribution in [2.75, 3.05) is 27.3 Å². The van der Waals surface area contributed by atoms with Crippen molar-refractivity contribution in [3.63, 3.8) is 0 Å². The summed E-state index contributed by atoms with van der Waals surface area (Å²) in [5.74, 6) is -2.00. The van der Waals surface area contributed by atoms with E-state index in [2.05, 4.69) is 15.3 Å². The van der Waals surface area contributed by atoms with Gasteiger partial charge in [0, 0.05) is 26.6 Å². The lowest BCUT2D eigenvalue weighted by Crippen LogP contribution is -2.57. The zero-order chi connectivity index (χ0) is 17.1. The molecule has 0 saturated heterocycles. The average Bonchev–Trinajstić information content (AvgIpc) is 2.98. The van der Waals surface area contributed by atoms with E-state index in [1.54, 1.807) is 6.19 Å². The first kappa shape index (κ1) is 17.0. The molecule has 11 heteroatoms. The molecule has 0 radical (unpaired) electrons. The first-order valence-corrected chi connectivity index (χ1v) is 6.48. The highest BCUT2D eigenvalue weighted by Crippen LogP contribution is 2.28. The maximum Gasteiger partial charge on any atom is 0.449 e. The molecule has 0 bridgehead atoms. The number of guanidine groups is 1. The van der Waals surface area contributed by atoms with E-state index in [4.69, 9.17) is 14.7 Å². The number of alkyl halides is 3. The van der Waals surface area contributed by atoms with E-state index in [-0.39, 0.29) is 25.7 Å². The molecule has 1 N–H and O–H groups in total. The maximum atomic E-state index is 12.9. The Labute approximate surface area is 130 Å². The maximum absolute atomic E-state index is 12.9. The molecular formula is C12H15F3N6O2. The number of imidazole rings is 1. The van der Waals surface area contributed by atoms with Crippen molar-refractivity contribution < 1.29 is 22.6 Å². The molecule has 0 fully saturated rings. The first-order chi connectivity index (χ1) is 10.8. The van der Waals surface area contributed by atoms with Gasteiger partial charge in [0.15, 0.2) is 6.19 Å². The number of methoxy groups -OCH3 is 2. The summed E-state index contributed by atoms with van der Waals surface area (Å²) in [6, 6.07) is 0. The molecule has 0 atom stereocenters. The second kappa shape index (κ2) is 6.43. The Morgan fingerprint density at radius 2 is 2.13 bits per heavy atom. The molecule has 1 aliphatic heterocycles. The fraction of sp³-hybridized carbons (Fsp3) is 0.583. The lowest BCUT2D eigenvalue weighted by atomic mass is 10.2. The lowest BCUT2D eigenvalue weighted by molar-refractivity contribution is -0.209. The fourth-order valence-corrected chi connectivity index (χ4v) is 2.20. The summed E-state index contributed by atoms with van der Waals surface area (Å²) in [5, 5.41) is 11.1. The quantitative estimate of drug-likeness (QED) is 0.493. The second-order valence-corrected chi connectivity index (χ2v) is 4.75. The van der Waals surface area contributed by atoms with Crippen LogP contribution in [0.3, 0.4) is 0 Å². The minimum atomic E-state index is -4.58. The largest absolute Gasteiger partial charge is 0.449 e. The standard InChI is InChI=1S/C12H15F3N6O2/c1-22-11(23-2)5-18-10(19-7-16)21(6-11)8-20-4-3-17-9(20)12(13,14)15/h3-4H,5-6,8H2,1-2H3,(H,18,19). The van der Waals surface area contributed by atoms with Crippen LogP contribution in [0.5, 0.6) is 0 Å². The highest BCUT2D eigenvalue weighted by Gasteiger charge is 2.40. The summed E-state index contributed by atoms with van der Waals surface area (Å²) >= 11 is 0. The Morgan fingerprint density at radius 1 is 1.43 bits per heavy atom. The van der Waals surface area contributed by atoms with Crippen LogP contribution in [0.15, 0.2) is 17.4 Å². The van der Waals surface area contributed by atoms with Gasteiger partial charge >= 0.3 is 6.18 Å². The minimum Gasteiger partial charge on any atom is -0.350 e. The Kier molecular flexibility index (Phi) is 4.76. The normalized spacial score (nSPS) is 17.6. The fourth-order valence-electron chi connectivity index (χ4n) is 2.20. The van der Waals surface area contributed by atoms with Gasteiger partial charge in [0.2, 0.25) is 17.6 Å². The van der Waals surface area contributed by atoms with Crippen molar-refractivity contribution in [3.05, 3.63) is 18.2 Å². The van der Waals surface area contributed by atoms with Gasteiger partial charge in [-0.05, 0) is 0 Å². The van der Waals surface area contributed by atoms with Crippen molar-refractivity contribution in [1.29, 1.82) is 5.26 Å². The van der Waals surface area contributed by atoms with E-state index in [1.165, 1.54) is 25.3 Å².